The van der Waals surface area contributed by atoms with Gasteiger partial charge in [-0.2, -0.15) is 10.3 Å². The van der Waals surface area contributed by atoms with E-state index in [-0.39, 0.29) is 0 Å². The molecule has 1 heterocycles. The van der Waals surface area contributed by atoms with Gasteiger partial charge in [0.2, 0.25) is 5.82 Å². The number of aromatic nitrogens is 4. The molecule has 0 radical (unpaired) electrons. The molecule has 220 valence electrons. The topological polar surface area (TPSA) is 134 Å². The Morgan fingerprint density at radius 3 is 1.91 bits per heavy atom. The highest BCUT2D eigenvalue weighted by atomic mass is 15.5. The second kappa shape index (κ2) is 13.9. The summed E-state index contributed by atoms with van der Waals surface area (Å²) in [6.45, 7) is 8.62. The molecule has 0 aliphatic rings. The van der Waals surface area contributed by atoms with Gasteiger partial charge in [-0.25, -0.2) is 5.84 Å². The Balaban J connectivity index is 1.36. The summed E-state index contributed by atoms with van der Waals surface area (Å²) in [7, 11) is 0. The largest absolute Gasteiger partial charge is 0.321 e. The molecule has 2 atom stereocenters. The van der Waals surface area contributed by atoms with Crippen molar-refractivity contribution >= 4 is 5.84 Å². The number of nitrogens with two attached hydrogens (primary N) is 2. The van der Waals surface area contributed by atoms with Crippen LogP contribution in [0.1, 0.15) is 43.9 Å². The van der Waals surface area contributed by atoms with Gasteiger partial charge in [-0.05, 0) is 51.4 Å². The molecule has 0 bridgehead atoms. The van der Waals surface area contributed by atoms with Crippen LogP contribution in [0.15, 0.2) is 102 Å². The van der Waals surface area contributed by atoms with Gasteiger partial charge in [0.15, 0.2) is 5.84 Å². The Hall–Kier alpha value is -4.86. The van der Waals surface area contributed by atoms with Crippen molar-refractivity contribution in [3.63, 3.8) is 0 Å². The lowest BCUT2D eigenvalue weighted by Crippen LogP contribution is -2.36. The summed E-state index contributed by atoms with van der Waals surface area (Å²) in [5.74, 6) is 12.8. The first-order chi connectivity index (χ1) is 21.0. The maximum atomic E-state index is 5.66. The van der Waals surface area contributed by atoms with E-state index >= 15 is 0 Å². The third-order valence-electron chi connectivity index (χ3n) is 8.31. The highest BCUT2D eigenvalue weighted by molar-refractivity contribution is 6.04. The average molecular weight is 574 g/mol. The molecule has 6 N–H and O–H groups in total. The molecule has 9 heteroatoms. The van der Waals surface area contributed by atoms with E-state index in [4.69, 9.17) is 11.7 Å². The minimum absolute atomic E-state index is 0.406. The number of amidine groups is 1. The van der Waals surface area contributed by atoms with Crippen molar-refractivity contribution in [2.75, 3.05) is 0 Å². The molecule has 1 aromatic heterocycles. The number of rotatable bonds is 11. The molecule has 5 aromatic rings. The smallest absolute Gasteiger partial charge is 0.205 e. The predicted octanol–water partition coefficient (Wildman–Crippen LogP) is 5.72. The monoisotopic (exact) mass is 573 g/mol. The molecule has 0 saturated heterocycles. The second-order valence-electron chi connectivity index (χ2n) is 10.9. The number of benzene rings is 4. The third kappa shape index (κ3) is 6.80. The van der Waals surface area contributed by atoms with E-state index in [0.29, 0.717) is 23.6 Å². The van der Waals surface area contributed by atoms with Crippen LogP contribution >= 0.6 is 0 Å². The number of tetrazole rings is 1. The highest BCUT2D eigenvalue weighted by Crippen LogP contribution is 2.31. The first kappa shape index (κ1) is 29.6. The maximum Gasteiger partial charge on any atom is 0.205 e. The molecule has 2 unspecified atom stereocenters. The molecular weight excluding hydrogens is 534 g/mol. The number of hydrogen-bond donors (Lipinski definition) is 4. The van der Waals surface area contributed by atoms with Crippen molar-refractivity contribution in [3.8, 4) is 33.6 Å². The molecule has 0 saturated carbocycles. The van der Waals surface area contributed by atoms with Gasteiger partial charge >= 0.3 is 0 Å². The van der Waals surface area contributed by atoms with Crippen molar-refractivity contribution in [3.05, 3.63) is 114 Å². The minimum atomic E-state index is 0.406. The fourth-order valence-electron chi connectivity index (χ4n) is 5.42. The number of nitrogens with zero attached hydrogens (tertiary/aromatic N) is 5. The van der Waals surface area contributed by atoms with Crippen molar-refractivity contribution in [1.82, 2.24) is 30.9 Å². The predicted molar refractivity (Wildman–Crippen MR) is 173 cm³/mol. The van der Waals surface area contributed by atoms with E-state index in [1.807, 2.05) is 36.4 Å². The van der Waals surface area contributed by atoms with Gasteiger partial charge in [0.05, 0.1) is 0 Å². The summed E-state index contributed by atoms with van der Waals surface area (Å²) < 4.78 is 0. The van der Waals surface area contributed by atoms with Crippen molar-refractivity contribution in [2.45, 2.75) is 46.3 Å². The number of aromatic amines is 1. The zero-order valence-electron chi connectivity index (χ0n) is 24.9. The van der Waals surface area contributed by atoms with Crippen LogP contribution in [-0.2, 0) is 13.1 Å². The van der Waals surface area contributed by atoms with Crippen molar-refractivity contribution in [1.29, 1.82) is 0 Å². The molecule has 4 aromatic carbocycles. The summed E-state index contributed by atoms with van der Waals surface area (Å²) >= 11 is 0. The van der Waals surface area contributed by atoms with Crippen LogP contribution in [0.3, 0.4) is 0 Å². The average Bonchev–Trinajstić information content (AvgIpc) is 3.60. The van der Waals surface area contributed by atoms with Gasteiger partial charge in [-0.15, -0.1) is 10.2 Å². The Morgan fingerprint density at radius 1 is 0.814 bits per heavy atom. The normalized spacial score (nSPS) is 13.2. The summed E-state index contributed by atoms with van der Waals surface area (Å²) in [4.78, 5) is 2.57. The lowest BCUT2D eigenvalue weighted by atomic mass is 9.96. The molecule has 0 spiro atoms. The number of H-pyrrole nitrogens is 1. The maximum absolute atomic E-state index is 5.66. The Morgan fingerprint density at radius 2 is 1.37 bits per heavy atom. The van der Waals surface area contributed by atoms with Gasteiger partial charge < -0.3 is 11.3 Å². The van der Waals surface area contributed by atoms with Crippen LogP contribution < -0.4 is 17.1 Å². The highest BCUT2D eigenvalue weighted by Gasteiger charge is 2.20. The molecular formula is C34H39N9. The lowest BCUT2D eigenvalue weighted by Gasteiger charge is -2.33. The Labute approximate surface area is 253 Å². The molecule has 0 aliphatic carbocycles. The van der Waals surface area contributed by atoms with Crippen LogP contribution in [0.4, 0.5) is 0 Å². The van der Waals surface area contributed by atoms with E-state index < -0.39 is 0 Å². The standard InChI is InChI=1S/C34H39N9/c1-4-23(2)24(3)43(21-25-13-17-27(18-14-25)29-9-5-7-11-31(29)33(37-35)38-36)22-26-15-19-28(20-16-26)30-10-6-8-12-32(30)34-39-41-42-40-34/h5-20,23-24H,4,21-22,35-36H2,1-3H3,(H,37,38)(H,39,40,41,42). The molecule has 5 rings (SSSR count). The van der Waals surface area contributed by atoms with Gasteiger partial charge in [-0.1, -0.05) is 117 Å². The lowest BCUT2D eigenvalue weighted by molar-refractivity contribution is 0.142. The first-order valence-corrected chi connectivity index (χ1v) is 14.6. The van der Waals surface area contributed by atoms with E-state index in [1.54, 1.807) is 0 Å². The summed E-state index contributed by atoms with van der Waals surface area (Å²) in [6.07, 6.45) is 1.12. The zero-order chi connectivity index (χ0) is 30.2. The molecule has 9 nitrogen and oxygen atoms in total. The van der Waals surface area contributed by atoms with Gasteiger partial charge in [0.25, 0.3) is 0 Å². The first-order valence-electron chi connectivity index (χ1n) is 14.6. The molecule has 0 aliphatic heterocycles. The number of hydrazine groups is 1. The van der Waals surface area contributed by atoms with Gasteiger partial charge in [0, 0.05) is 30.3 Å². The van der Waals surface area contributed by atoms with Gasteiger partial charge in [-0.3, -0.25) is 4.90 Å². The summed E-state index contributed by atoms with van der Waals surface area (Å²) in [6, 6.07) is 34.0. The number of hydrogen-bond acceptors (Lipinski definition) is 7. The van der Waals surface area contributed by atoms with Crippen molar-refractivity contribution in [2.24, 2.45) is 22.7 Å². The van der Waals surface area contributed by atoms with E-state index in [1.165, 1.54) is 11.1 Å². The summed E-state index contributed by atoms with van der Waals surface area (Å²) in [5, 5.41) is 18.5. The van der Waals surface area contributed by atoms with Crippen LogP contribution in [0.25, 0.3) is 33.6 Å². The Bertz CT molecular complexity index is 1630. The SMILES string of the molecule is CCC(C)C(C)N(Cc1ccc(-c2ccccc2/C(=N/N)NN)cc1)Cc1ccc(-c2ccccc2-c2nn[nH]n2)cc1. The number of nitrogens with one attached hydrogen (secondary N) is 2. The van der Waals surface area contributed by atoms with E-state index in [2.05, 4.69) is 117 Å². The molecule has 43 heavy (non-hydrogen) atoms. The van der Waals surface area contributed by atoms with E-state index in [9.17, 15) is 0 Å². The van der Waals surface area contributed by atoms with Crippen LogP contribution in [0, 0.1) is 5.92 Å². The fourth-order valence-corrected chi connectivity index (χ4v) is 5.42. The number of hydrazone groups is 1. The second-order valence-corrected chi connectivity index (χ2v) is 10.9. The van der Waals surface area contributed by atoms with Gasteiger partial charge in [0.1, 0.15) is 0 Å². The van der Waals surface area contributed by atoms with Crippen molar-refractivity contribution < 1.29 is 0 Å². The quantitative estimate of drug-likeness (QED) is 0.0687. The minimum Gasteiger partial charge on any atom is -0.321 e. The van der Waals surface area contributed by atoms with Crippen LogP contribution in [0.5, 0.6) is 0 Å². The molecule has 0 amide bonds. The molecule has 0 fully saturated rings. The van der Waals surface area contributed by atoms with Crippen LogP contribution in [-0.4, -0.2) is 37.4 Å². The summed E-state index contributed by atoms with van der Waals surface area (Å²) in [5.41, 5.74) is 11.2. The van der Waals surface area contributed by atoms with E-state index in [0.717, 1.165) is 52.9 Å². The fraction of sp³-hybridized carbons (Fsp3) is 0.235. The van der Waals surface area contributed by atoms with Crippen LogP contribution in [0.2, 0.25) is 0 Å². The third-order valence-corrected chi connectivity index (χ3v) is 8.31. The zero-order valence-corrected chi connectivity index (χ0v) is 24.9. The Kier molecular flexibility index (Phi) is 9.56.